The molecule has 6 nitrogen and oxygen atoms in total. The lowest BCUT2D eigenvalue weighted by molar-refractivity contribution is 0.0651. The van der Waals surface area contributed by atoms with Crippen molar-refractivity contribution in [2.75, 3.05) is 5.32 Å². The van der Waals surface area contributed by atoms with Gasteiger partial charge in [0.1, 0.15) is 0 Å². The number of aromatic nitrogens is 1. The second-order valence-electron chi connectivity index (χ2n) is 3.46. The lowest BCUT2D eigenvalue weighted by Gasteiger charge is -2.05. The third kappa shape index (κ3) is 3.24. The molecule has 1 aromatic carbocycles. The first-order valence-corrected chi connectivity index (χ1v) is 6.39. The highest BCUT2D eigenvalue weighted by molar-refractivity contribution is 14.1. The molecule has 0 atom stereocenters. The van der Waals surface area contributed by atoms with Gasteiger partial charge in [-0.2, -0.15) is 0 Å². The fraction of sp³-hybridized carbons (Fsp3) is 0. The van der Waals surface area contributed by atoms with Crippen LogP contribution in [-0.2, 0) is 0 Å². The summed E-state index contributed by atoms with van der Waals surface area (Å²) in [7, 11) is 0. The fourth-order valence-electron chi connectivity index (χ4n) is 1.26. The second kappa shape index (κ2) is 5.57. The molecule has 0 aliphatic heterocycles. The number of anilines is 1. The summed E-state index contributed by atoms with van der Waals surface area (Å²) in [5.41, 5.74) is 0.283. The number of carbonyl (C=O) groups excluding carboxylic acids is 1. The molecule has 0 aliphatic rings. The van der Waals surface area contributed by atoms with E-state index in [0.717, 1.165) is 9.64 Å². The molecule has 1 aromatic heterocycles. The Morgan fingerprint density at radius 3 is 2.74 bits per heavy atom. The van der Waals surface area contributed by atoms with Crippen molar-refractivity contribution in [1.82, 2.24) is 5.16 Å². The van der Waals surface area contributed by atoms with Crippen molar-refractivity contribution in [3.8, 4) is 0 Å². The lowest BCUT2D eigenvalue weighted by Crippen LogP contribution is -2.12. The zero-order valence-corrected chi connectivity index (χ0v) is 12.1. The Kier molecular flexibility index (Phi) is 4.05. The van der Waals surface area contributed by atoms with Gasteiger partial charge in [-0.25, -0.2) is 4.79 Å². The molecule has 0 saturated heterocycles. The largest absolute Gasteiger partial charge is 0.475 e. The van der Waals surface area contributed by atoms with E-state index in [9.17, 15) is 9.59 Å². The number of nitrogens with zero attached hydrogens (tertiary/aromatic N) is 1. The summed E-state index contributed by atoms with van der Waals surface area (Å²) in [5, 5.41) is 14.9. The number of benzene rings is 1. The molecular weight excluding hydrogens is 386 g/mol. The van der Waals surface area contributed by atoms with Crippen molar-refractivity contribution in [1.29, 1.82) is 0 Å². The molecule has 8 heteroatoms. The standard InChI is InChI=1S/C11H6ClIN2O4/c12-6-2-1-5(13)3-7(6)14-10(16)8-4-9(11(17)18)19-15-8/h1-4H,(H,14,16)(H,17,18). The normalized spacial score (nSPS) is 10.2. The van der Waals surface area contributed by atoms with Gasteiger partial charge in [0, 0.05) is 9.64 Å². The van der Waals surface area contributed by atoms with Crippen molar-refractivity contribution in [3.63, 3.8) is 0 Å². The summed E-state index contributed by atoms with van der Waals surface area (Å²) >= 11 is 8.00. The van der Waals surface area contributed by atoms with E-state index in [1.807, 2.05) is 0 Å². The van der Waals surface area contributed by atoms with Gasteiger partial charge in [-0.3, -0.25) is 4.79 Å². The van der Waals surface area contributed by atoms with Crippen LogP contribution < -0.4 is 5.32 Å². The van der Waals surface area contributed by atoms with Gasteiger partial charge < -0.3 is 14.9 Å². The summed E-state index contributed by atoms with van der Waals surface area (Å²) in [4.78, 5) is 22.4. The molecule has 0 radical (unpaired) electrons. The number of nitrogens with one attached hydrogen (secondary N) is 1. The number of carbonyl (C=O) groups is 2. The smallest absolute Gasteiger partial charge is 0.374 e. The number of hydrogen-bond acceptors (Lipinski definition) is 4. The zero-order chi connectivity index (χ0) is 14.0. The van der Waals surface area contributed by atoms with E-state index < -0.39 is 17.6 Å². The molecule has 0 unspecified atom stereocenters. The molecule has 0 bridgehead atoms. The van der Waals surface area contributed by atoms with E-state index in [4.69, 9.17) is 16.7 Å². The van der Waals surface area contributed by atoms with Crippen LogP contribution in [0.2, 0.25) is 5.02 Å². The number of rotatable bonds is 3. The van der Waals surface area contributed by atoms with E-state index in [1.54, 1.807) is 18.2 Å². The maximum Gasteiger partial charge on any atom is 0.374 e. The SMILES string of the molecule is O=C(Nc1cc(I)ccc1Cl)c1cc(C(=O)O)on1. The van der Waals surface area contributed by atoms with Gasteiger partial charge in [0.2, 0.25) is 5.76 Å². The van der Waals surface area contributed by atoms with E-state index in [-0.39, 0.29) is 5.69 Å². The summed E-state index contributed by atoms with van der Waals surface area (Å²) in [6, 6.07) is 6.15. The number of carboxylic acid groups (broad SMARTS) is 1. The van der Waals surface area contributed by atoms with Gasteiger partial charge in [-0.05, 0) is 40.8 Å². The first-order chi connectivity index (χ1) is 8.97. The predicted octanol–water partition coefficient (Wildman–Crippen LogP) is 2.88. The van der Waals surface area contributed by atoms with Crippen LogP contribution in [0.25, 0.3) is 0 Å². The van der Waals surface area contributed by atoms with E-state index in [2.05, 4.69) is 37.6 Å². The minimum atomic E-state index is -1.29. The Balaban J connectivity index is 2.20. The quantitative estimate of drug-likeness (QED) is 0.784. The zero-order valence-electron chi connectivity index (χ0n) is 9.18. The second-order valence-corrected chi connectivity index (χ2v) is 5.11. The minimum absolute atomic E-state index is 0.132. The van der Waals surface area contributed by atoms with Crippen molar-refractivity contribution in [2.45, 2.75) is 0 Å². The monoisotopic (exact) mass is 392 g/mol. The van der Waals surface area contributed by atoms with Crippen LogP contribution >= 0.6 is 34.2 Å². The first kappa shape index (κ1) is 13.8. The fourth-order valence-corrected chi connectivity index (χ4v) is 1.92. The van der Waals surface area contributed by atoms with Gasteiger partial charge in [-0.15, -0.1) is 0 Å². The van der Waals surface area contributed by atoms with Crippen LogP contribution in [0.4, 0.5) is 5.69 Å². The van der Waals surface area contributed by atoms with Crippen molar-refractivity contribution < 1.29 is 19.2 Å². The third-order valence-electron chi connectivity index (χ3n) is 2.13. The van der Waals surface area contributed by atoms with Gasteiger partial charge in [0.05, 0.1) is 10.7 Å². The number of hydrogen-bond donors (Lipinski definition) is 2. The van der Waals surface area contributed by atoms with Crippen LogP contribution in [-0.4, -0.2) is 22.1 Å². The highest BCUT2D eigenvalue weighted by Gasteiger charge is 2.17. The van der Waals surface area contributed by atoms with Crippen molar-refractivity contribution >= 4 is 51.8 Å². The maximum atomic E-state index is 11.8. The molecule has 2 N–H and O–H groups in total. The molecule has 0 fully saturated rings. The molecule has 0 saturated carbocycles. The summed E-state index contributed by atoms with van der Waals surface area (Å²) in [5.74, 6) is -2.29. The lowest BCUT2D eigenvalue weighted by atomic mass is 10.3. The predicted molar refractivity (Wildman–Crippen MR) is 75.6 cm³/mol. The van der Waals surface area contributed by atoms with Crippen molar-refractivity contribution in [3.05, 3.63) is 44.3 Å². The van der Waals surface area contributed by atoms with Crippen LogP contribution in [0.5, 0.6) is 0 Å². The number of carboxylic acids is 1. The number of halogens is 2. The van der Waals surface area contributed by atoms with Gasteiger partial charge in [0.25, 0.3) is 5.91 Å². The van der Waals surface area contributed by atoms with Crippen LogP contribution in [0.15, 0.2) is 28.8 Å². The average Bonchev–Trinajstić information content (AvgIpc) is 2.83. The summed E-state index contributed by atoms with van der Waals surface area (Å²) < 4.78 is 5.39. The average molecular weight is 393 g/mol. The Morgan fingerprint density at radius 2 is 2.11 bits per heavy atom. The Labute approximate surface area is 125 Å². The maximum absolute atomic E-state index is 11.8. The van der Waals surface area contributed by atoms with Crippen LogP contribution in [0.1, 0.15) is 21.0 Å². The molecule has 1 amide bonds. The highest BCUT2D eigenvalue weighted by Crippen LogP contribution is 2.24. The van der Waals surface area contributed by atoms with Gasteiger partial charge >= 0.3 is 5.97 Å². The molecule has 19 heavy (non-hydrogen) atoms. The first-order valence-electron chi connectivity index (χ1n) is 4.94. The van der Waals surface area contributed by atoms with Crippen LogP contribution in [0, 0.1) is 3.57 Å². The molecule has 0 aliphatic carbocycles. The topological polar surface area (TPSA) is 92.4 Å². The minimum Gasteiger partial charge on any atom is -0.475 e. The van der Waals surface area contributed by atoms with Crippen molar-refractivity contribution in [2.24, 2.45) is 0 Å². The van der Waals surface area contributed by atoms with E-state index in [1.165, 1.54) is 0 Å². The molecule has 98 valence electrons. The van der Waals surface area contributed by atoms with Crippen LogP contribution in [0.3, 0.4) is 0 Å². The summed E-state index contributed by atoms with van der Waals surface area (Å²) in [6.07, 6.45) is 0. The molecule has 0 spiro atoms. The highest BCUT2D eigenvalue weighted by atomic mass is 127. The molecular formula is C11H6ClIN2O4. The molecule has 1 heterocycles. The third-order valence-corrected chi connectivity index (χ3v) is 3.13. The van der Waals surface area contributed by atoms with Gasteiger partial charge in [0.15, 0.2) is 5.69 Å². The summed E-state index contributed by atoms with van der Waals surface area (Å²) in [6.45, 7) is 0. The Morgan fingerprint density at radius 1 is 1.37 bits per heavy atom. The number of amides is 1. The van der Waals surface area contributed by atoms with Gasteiger partial charge in [-0.1, -0.05) is 16.8 Å². The Bertz CT molecular complexity index is 656. The van der Waals surface area contributed by atoms with E-state index >= 15 is 0 Å². The Hall–Kier alpha value is -1.61. The van der Waals surface area contributed by atoms with E-state index in [0.29, 0.717) is 10.7 Å². The number of aromatic carboxylic acids is 1. The molecule has 2 aromatic rings. The molecule has 2 rings (SSSR count).